The number of aromatic nitrogens is 3. The highest BCUT2D eigenvalue weighted by Gasteiger charge is 2.18. The minimum absolute atomic E-state index is 0.617. The van der Waals surface area contributed by atoms with E-state index in [9.17, 15) is 0 Å². The minimum Gasteiger partial charge on any atom is -0.436 e. The van der Waals surface area contributed by atoms with E-state index in [0.29, 0.717) is 5.89 Å². The zero-order valence-corrected chi connectivity index (χ0v) is 29.6. The van der Waals surface area contributed by atoms with Gasteiger partial charge < -0.3 is 13.6 Å². The van der Waals surface area contributed by atoms with E-state index in [-0.39, 0.29) is 0 Å². The highest BCUT2D eigenvalue weighted by atomic mass is 16.3. The lowest BCUT2D eigenvalue weighted by Gasteiger charge is -2.14. The van der Waals surface area contributed by atoms with Crippen molar-refractivity contribution >= 4 is 76.3 Å². The molecule has 0 fully saturated rings. The second kappa shape index (κ2) is 11.5. The van der Waals surface area contributed by atoms with Gasteiger partial charge in [0.2, 0.25) is 5.89 Å². The lowest BCUT2D eigenvalue weighted by Crippen LogP contribution is -1.96. The van der Waals surface area contributed by atoms with Gasteiger partial charge in [-0.15, -0.1) is 0 Å². The van der Waals surface area contributed by atoms with Crippen LogP contribution < -0.4 is 0 Å². The first-order valence-electron chi connectivity index (χ1n) is 18.7. The monoisotopic (exact) mass is 701 g/mol. The molecule has 0 N–H and O–H groups in total. The Morgan fingerprint density at radius 2 is 0.909 bits per heavy atom. The van der Waals surface area contributed by atoms with Gasteiger partial charge in [0.05, 0.1) is 27.8 Å². The fourth-order valence-electron chi connectivity index (χ4n) is 8.82. The zero-order chi connectivity index (χ0) is 36.0. The normalized spacial score (nSPS) is 12.0. The van der Waals surface area contributed by atoms with Crippen molar-refractivity contribution in [3.8, 4) is 34.0 Å². The number of nitrogens with zero attached hydrogens (tertiary/aromatic N) is 3. The van der Waals surface area contributed by atoms with Crippen molar-refractivity contribution in [2.75, 3.05) is 0 Å². The maximum Gasteiger partial charge on any atom is 0.227 e. The summed E-state index contributed by atoms with van der Waals surface area (Å²) in [6, 6.07) is 67.3. The van der Waals surface area contributed by atoms with Crippen LogP contribution in [0.4, 0.5) is 0 Å². The van der Waals surface area contributed by atoms with E-state index in [4.69, 9.17) is 9.40 Å². The van der Waals surface area contributed by atoms with Crippen molar-refractivity contribution in [1.29, 1.82) is 0 Å². The van der Waals surface area contributed by atoms with Crippen LogP contribution in [0.3, 0.4) is 0 Å². The van der Waals surface area contributed by atoms with Crippen molar-refractivity contribution in [3.63, 3.8) is 0 Å². The van der Waals surface area contributed by atoms with Crippen LogP contribution in [0.1, 0.15) is 0 Å². The Balaban J connectivity index is 0.978. The highest BCUT2D eigenvalue weighted by molar-refractivity contribution is 6.16. The number of hydrogen-bond donors (Lipinski definition) is 0. The van der Waals surface area contributed by atoms with Crippen LogP contribution in [-0.2, 0) is 0 Å². The van der Waals surface area contributed by atoms with Gasteiger partial charge >= 0.3 is 0 Å². The third-order valence-electron chi connectivity index (χ3n) is 11.3. The Bertz CT molecular complexity index is 3490. The SMILES string of the molecule is c1ccc(-n2c3ccccc3c3cc(-c4nc5ccc(-c6ccc7c(c6)c6ccccc6n7-c6cc7ccccc7c7ccccc67)cc5o4)ccc32)cc1. The Hall–Kier alpha value is -7.43. The molecule has 3 aromatic heterocycles. The molecule has 0 aliphatic carbocycles. The Labute approximate surface area is 315 Å². The average Bonchev–Trinajstić information content (AvgIpc) is 3.93. The Morgan fingerprint density at radius 3 is 1.69 bits per heavy atom. The fourth-order valence-corrected chi connectivity index (χ4v) is 8.82. The van der Waals surface area contributed by atoms with Crippen molar-refractivity contribution in [2.24, 2.45) is 0 Å². The van der Waals surface area contributed by atoms with E-state index in [0.717, 1.165) is 39.0 Å². The number of para-hydroxylation sites is 3. The van der Waals surface area contributed by atoms with E-state index in [1.165, 1.54) is 65.3 Å². The van der Waals surface area contributed by atoms with Crippen molar-refractivity contribution < 1.29 is 4.42 Å². The maximum absolute atomic E-state index is 6.54. The minimum atomic E-state index is 0.617. The molecule has 4 nitrogen and oxygen atoms in total. The molecule has 12 rings (SSSR count). The van der Waals surface area contributed by atoms with Crippen LogP contribution in [0.2, 0.25) is 0 Å². The summed E-state index contributed by atoms with van der Waals surface area (Å²) in [4.78, 5) is 4.97. The molecule has 12 aromatic rings. The van der Waals surface area contributed by atoms with E-state index in [2.05, 4.69) is 197 Å². The number of oxazole rings is 1. The van der Waals surface area contributed by atoms with Gasteiger partial charge in [0.25, 0.3) is 0 Å². The van der Waals surface area contributed by atoms with Crippen LogP contribution in [-0.4, -0.2) is 14.1 Å². The predicted molar refractivity (Wildman–Crippen MR) is 229 cm³/mol. The summed E-state index contributed by atoms with van der Waals surface area (Å²) in [6.45, 7) is 0. The van der Waals surface area contributed by atoms with E-state index in [1.807, 2.05) is 0 Å². The summed E-state index contributed by atoms with van der Waals surface area (Å²) >= 11 is 0. The lowest BCUT2D eigenvalue weighted by molar-refractivity contribution is 0.620. The quantitative estimate of drug-likeness (QED) is 0.171. The van der Waals surface area contributed by atoms with Crippen LogP contribution in [0.5, 0.6) is 0 Å². The molecule has 0 aliphatic rings. The van der Waals surface area contributed by atoms with Gasteiger partial charge in [-0.3, -0.25) is 0 Å². The largest absolute Gasteiger partial charge is 0.436 e. The van der Waals surface area contributed by atoms with E-state index < -0.39 is 0 Å². The van der Waals surface area contributed by atoms with E-state index in [1.54, 1.807) is 0 Å². The lowest BCUT2D eigenvalue weighted by atomic mass is 10.00. The van der Waals surface area contributed by atoms with Crippen molar-refractivity contribution in [3.05, 3.63) is 188 Å². The molecule has 0 unspecified atom stereocenters. The molecule has 3 heterocycles. The van der Waals surface area contributed by atoms with Crippen molar-refractivity contribution in [1.82, 2.24) is 14.1 Å². The van der Waals surface area contributed by atoms with Crippen LogP contribution >= 0.6 is 0 Å². The third-order valence-corrected chi connectivity index (χ3v) is 11.3. The third kappa shape index (κ3) is 4.49. The summed E-state index contributed by atoms with van der Waals surface area (Å²) in [5.74, 6) is 0.617. The average molecular weight is 702 g/mol. The summed E-state index contributed by atoms with van der Waals surface area (Å²) in [5.41, 5.74) is 11.8. The standard InChI is InChI=1S/C51H31N3O/c1-2-13-36(14-3-1)53-45-20-10-8-18-40(45)43-29-35(24-27-47(43)53)51-52-44-25-22-33(31-50(44)55-51)32-23-26-48-42(28-32)41-19-9-11-21-46(41)54(48)49-30-34-12-4-5-15-37(34)38-16-6-7-17-39(38)49/h1-31H. The zero-order valence-electron chi connectivity index (χ0n) is 29.6. The molecular formula is C51H31N3O. The highest BCUT2D eigenvalue weighted by Crippen LogP contribution is 2.40. The molecule has 0 saturated heterocycles. The first-order chi connectivity index (χ1) is 27.3. The summed E-state index contributed by atoms with van der Waals surface area (Å²) < 4.78 is 11.3. The van der Waals surface area contributed by atoms with Crippen LogP contribution in [0, 0.1) is 0 Å². The maximum atomic E-state index is 6.54. The number of rotatable bonds is 4. The van der Waals surface area contributed by atoms with Gasteiger partial charge in [-0.05, 0) is 100 Å². The first-order valence-corrected chi connectivity index (χ1v) is 18.7. The molecule has 0 atom stereocenters. The van der Waals surface area contributed by atoms with Gasteiger partial charge in [0.1, 0.15) is 5.52 Å². The molecular weight excluding hydrogens is 671 g/mol. The fraction of sp³-hybridized carbons (Fsp3) is 0. The van der Waals surface area contributed by atoms with Gasteiger partial charge in [0.15, 0.2) is 5.58 Å². The number of fused-ring (bicyclic) bond motifs is 10. The van der Waals surface area contributed by atoms with Gasteiger partial charge in [-0.25, -0.2) is 4.98 Å². The van der Waals surface area contributed by atoms with E-state index >= 15 is 0 Å². The number of benzene rings is 9. The molecule has 55 heavy (non-hydrogen) atoms. The molecule has 4 heteroatoms. The molecule has 256 valence electrons. The van der Waals surface area contributed by atoms with Gasteiger partial charge in [0, 0.05) is 38.2 Å². The molecule has 0 radical (unpaired) electrons. The molecule has 0 aliphatic heterocycles. The first kappa shape index (κ1) is 30.1. The number of hydrogen-bond acceptors (Lipinski definition) is 2. The smallest absolute Gasteiger partial charge is 0.227 e. The second-order valence-electron chi connectivity index (χ2n) is 14.4. The second-order valence-corrected chi connectivity index (χ2v) is 14.4. The summed E-state index contributed by atoms with van der Waals surface area (Å²) in [6.07, 6.45) is 0. The Morgan fingerprint density at radius 1 is 0.364 bits per heavy atom. The van der Waals surface area contributed by atoms with Crippen LogP contribution in [0.25, 0.3) is 110 Å². The molecule has 0 spiro atoms. The van der Waals surface area contributed by atoms with Gasteiger partial charge in [-0.1, -0.05) is 115 Å². The topological polar surface area (TPSA) is 35.9 Å². The van der Waals surface area contributed by atoms with Crippen molar-refractivity contribution in [2.45, 2.75) is 0 Å². The predicted octanol–water partition coefficient (Wildman–Crippen LogP) is 13.7. The summed E-state index contributed by atoms with van der Waals surface area (Å²) in [5, 5.41) is 9.81. The summed E-state index contributed by atoms with van der Waals surface area (Å²) in [7, 11) is 0. The molecule has 0 saturated carbocycles. The van der Waals surface area contributed by atoms with Gasteiger partial charge in [-0.2, -0.15) is 0 Å². The molecule has 0 amide bonds. The van der Waals surface area contributed by atoms with Crippen LogP contribution in [0.15, 0.2) is 192 Å². The molecule has 9 aromatic carbocycles. The molecule has 0 bridgehead atoms. The Kier molecular flexibility index (Phi) is 6.31.